The zero-order chi connectivity index (χ0) is 12.5. The van der Waals surface area contributed by atoms with Gasteiger partial charge in [0.15, 0.2) is 0 Å². The van der Waals surface area contributed by atoms with Crippen molar-refractivity contribution >= 4 is 5.91 Å². The molecule has 1 atom stereocenters. The molecule has 1 amide bonds. The lowest BCUT2D eigenvalue weighted by molar-refractivity contribution is -0.128. The number of aliphatic hydroxyl groups excluding tert-OH is 1. The van der Waals surface area contributed by atoms with Gasteiger partial charge >= 0.3 is 0 Å². The van der Waals surface area contributed by atoms with Crippen molar-refractivity contribution in [3.8, 4) is 0 Å². The molecule has 1 saturated carbocycles. The van der Waals surface area contributed by atoms with E-state index in [2.05, 4.69) is 5.32 Å². The van der Waals surface area contributed by atoms with Crippen LogP contribution in [0, 0.1) is 5.82 Å². The minimum Gasteiger partial charge on any atom is -0.384 e. The number of halogens is 1. The highest BCUT2D eigenvalue weighted by molar-refractivity contribution is 5.80. The van der Waals surface area contributed by atoms with E-state index in [-0.39, 0.29) is 17.1 Å². The largest absolute Gasteiger partial charge is 0.384 e. The molecule has 2 N–H and O–H groups in total. The summed E-state index contributed by atoms with van der Waals surface area (Å²) in [5.74, 6) is -0.636. The summed E-state index contributed by atoms with van der Waals surface area (Å²) in [7, 11) is 0. The van der Waals surface area contributed by atoms with Gasteiger partial charge < -0.3 is 10.4 Å². The quantitative estimate of drug-likeness (QED) is 0.830. The first-order valence-electron chi connectivity index (χ1n) is 5.75. The molecule has 0 heterocycles. The summed E-state index contributed by atoms with van der Waals surface area (Å²) in [6, 6.07) is 6.49. The van der Waals surface area contributed by atoms with Gasteiger partial charge in [-0.3, -0.25) is 4.79 Å². The Labute approximate surface area is 99.7 Å². The monoisotopic (exact) mass is 237 g/mol. The fourth-order valence-electron chi connectivity index (χ4n) is 1.94. The molecular weight excluding hydrogens is 221 g/mol. The van der Waals surface area contributed by atoms with Crippen LogP contribution in [0.2, 0.25) is 0 Å². The van der Waals surface area contributed by atoms with Crippen molar-refractivity contribution in [2.45, 2.75) is 31.3 Å². The Morgan fingerprint density at radius 2 is 2.29 bits per heavy atom. The lowest BCUT2D eigenvalue weighted by Gasteiger charge is -2.17. The number of nitrogens with one attached hydrogen (secondary N) is 1. The van der Waals surface area contributed by atoms with E-state index in [0.29, 0.717) is 6.54 Å². The van der Waals surface area contributed by atoms with Gasteiger partial charge in [-0.1, -0.05) is 12.1 Å². The third-order valence-electron chi connectivity index (χ3n) is 3.27. The maximum atomic E-state index is 13.1. The second-order valence-electron chi connectivity index (χ2n) is 4.68. The summed E-state index contributed by atoms with van der Waals surface area (Å²) in [6.07, 6.45) is 0.880. The van der Waals surface area contributed by atoms with Crippen molar-refractivity contribution in [3.63, 3.8) is 0 Å². The molecule has 2 rings (SSSR count). The molecule has 0 saturated heterocycles. The van der Waals surface area contributed by atoms with Gasteiger partial charge in [0.2, 0.25) is 5.91 Å². The molecule has 1 fully saturated rings. The third kappa shape index (κ3) is 2.64. The molecule has 4 heteroatoms. The highest BCUT2D eigenvalue weighted by atomic mass is 19.1. The van der Waals surface area contributed by atoms with E-state index in [1.54, 1.807) is 6.07 Å². The van der Waals surface area contributed by atoms with Crippen LogP contribution in [0.4, 0.5) is 4.39 Å². The molecule has 3 nitrogen and oxygen atoms in total. The Morgan fingerprint density at radius 3 is 2.82 bits per heavy atom. The summed E-state index contributed by atoms with van der Waals surface area (Å²) < 4.78 is 13.1. The van der Waals surface area contributed by atoms with Crippen LogP contribution in [0.15, 0.2) is 24.3 Å². The molecule has 0 spiro atoms. The Bertz CT molecular complexity index is 427. The molecule has 17 heavy (non-hydrogen) atoms. The number of carbonyl (C=O) groups excluding carboxylic acids is 1. The predicted molar refractivity (Wildman–Crippen MR) is 62.0 cm³/mol. The average Bonchev–Trinajstić information content (AvgIpc) is 3.07. The van der Waals surface area contributed by atoms with Crippen LogP contribution >= 0.6 is 0 Å². The number of carbonyl (C=O) groups is 1. The summed E-state index contributed by atoms with van der Waals surface area (Å²) in [4.78, 5) is 11.3. The maximum Gasteiger partial charge on any atom is 0.248 e. The van der Waals surface area contributed by atoms with Gasteiger partial charge in [0, 0.05) is 12.0 Å². The molecule has 0 aromatic heterocycles. The molecule has 1 aromatic rings. The smallest absolute Gasteiger partial charge is 0.248 e. The van der Waals surface area contributed by atoms with Crippen molar-refractivity contribution in [2.75, 3.05) is 6.54 Å². The fraction of sp³-hybridized carbons (Fsp3) is 0.462. The van der Waals surface area contributed by atoms with Crippen LogP contribution in [0.1, 0.15) is 25.3 Å². The van der Waals surface area contributed by atoms with Crippen molar-refractivity contribution in [1.29, 1.82) is 0 Å². The molecule has 0 bridgehead atoms. The lowest BCUT2D eigenvalue weighted by Crippen LogP contribution is -2.37. The predicted octanol–water partition coefficient (Wildman–Crippen LogP) is 1.35. The first-order chi connectivity index (χ1) is 8.03. The summed E-state index contributed by atoms with van der Waals surface area (Å²) in [6.45, 7) is 1.89. The van der Waals surface area contributed by atoms with Crippen LogP contribution in [0.3, 0.4) is 0 Å². The van der Waals surface area contributed by atoms with Crippen molar-refractivity contribution in [1.82, 2.24) is 5.32 Å². The number of hydrogen-bond acceptors (Lipinski definition) is 2. The third-order valence-corrected chi connectivity index (χ3v) is 3.27. The number of aliphatic hydroxyl groups is 1. The van der Waals surface area contributed by atoms with Crippen LogP contribution in [-0.2, 0) is 10.2 Å². The highest BCUT2D eigenvalue weighted by Gasteiger charge is 2.44. The van der Waals surface area contributed by atoms with E-state index >= 15 is 0 Å². The molecule has 1 aliphatic rings. The van der Waals surface area contributed by atoms with Crippen molar-refractivity contribution < 1.29 is 14.3 Å². The molecule has 1 unspecified atom stereocenters. The van der Waals surface area contributed by atoms with Gasteiger partial charge in [0.05, 0.1) is 0 Å². The normalized spacial score (nSPS) is 18.5. The van der Waals surface area contributed by atoms with Crippen LogP contribution in [0.5, 0.6) is 0 Å². The van der Waals surface area contributed by atoms with Crippen LogP contribution in [0.25, 0.3) is 0 Å². The van der Waals surface area contributed by atoms with E-state index in [1.165, 1.54) is 19.1 Å². The first kappa shape index (κ1) is 12.0. The van der Waals surface area contributed by atoms with E-state index in [1.807, 2.05) is 6.07 Å². The van der Waals surface area contributed by atoms with E-state index < -0.39 is 6.10 Å². The molecule has 1 aliphatic carbocycles. The Morgan fingerprint density at radius 1 is 1.59 bits per heavy atom. The minimum absolute atomic E-state index is 0.132. The fourth-order valence-corrected chi connectivity index (χ4v) is 1.94. The summed E-state index contributed by atoms with van der Waals surface area (Å²) >= 11 is 0. The van der Waals surface area contributed by atoms with Gasteiger partial charge in [0.1, 0.15) is 11.9 Å². The summed E-state index contributed by atoms with van der Waals surface area (Å²) in [5.41, 5.74) is 0.788. The Kier molecular flexibility index (Phi) is 3.15. The maximum absolute atomic E-state index is 13.1. The lowest BCUT2D eigenvalue weighted by atomic mass is 9.96. The summed E-state index contributed by atoms with van der Waals surface area (Å²) in [5, 5.41) is 11.8. The van der Waals surface area contributed by atoms with Gasteiger partial charge in [0.25, 0.3) is 0 Å². The second-order valence-corrected chi connectivity index (χ2v) is 4.68. The Balaban J connectivity index is 2.03. The van der Waals surface area contributed by atoms with E-state index in [0.717, 1.165) is 18.4 Å². The molecule has 0 radical (unpaired) electrons. The van der Waals surface area contributed by atoms with E-state index in [9.17, 15) is 9.18 Å². The van der Waals surface area contributed by atoms with Crippen LogP contribution < -0.4 is 5.32 Å². The minimum atomic E-state index is -1.00. The van der Waals surface area contributed by atoms with Gasteiger partial charge in [-0.15, -0.1) is 0 Å². The Hall–Kier alpha value is -1.42. The van der Waals surface area contributed by atoms with Crippen molar-refractivity contribution in [3.05, 3.63) is 35.6 Å². The molecular formula is C13H16FNO2. The van der Waals surface area contributed by atoms with Gasteiger partial charge in [-0.05, 0) is 37.5 Å². The first-order valence-corrected chi connectivity index (χ1v) is 5.75. The zero-order valence-electron chi connectivity index (χ0n) is 9.74. The average molecular weight is 237 g/mol. The zero-order valence-corrected chi connectivity index (χ0v) is 9.74. The number of rotatable bonds is 4. The molecule has 0 aliphatic heterocycles. The standard InChI is InChI=1S/C13H16FNO2/c1-9(16)12(17)15-8-13(5-6-13)10-3-2-4-11(14)7-10/h2-4,7,9,16H,5-6,8H2,1H3,(H,15,17). The van der Waals surface area contributed by atoms with E-state index in [4.69, 9.17) is 5.11 Å². The number of hydrogen-bond donors (Lipinski definition) is 2. The number of amides is 1. The highest BCUT2D eigenvalue weighted by Crippen LogP contribution is 2.47. The van der Waals surface area contributed by atoms with Gasteiger partial charge in [-0.2, -0.15) is 0 Å². The molecule has 1 aromatic carbocycles. The van der Waals surface area contributed by atoms with Crippen molar-refractivity contribution in [2.24, 2.45) is 0 Å². The SMILES string of the molecule is CC(O)C(=O)NCC1(c2cccc(F)c2)CC1. The van der Waals surface area contributed by atoms with Crippen LogP contribution in [-0.4, -0.2) is 23.7 Å². The number of benzene rings is 1. The topological polar surface area (TPSA) is 49.3 Å². The molecule has 92 valence electrons. The van der Waals surface area contributed by atoms with Gasteiger partial charge in [-0.25, -0.2) is 4.39 Å². The second kappa shape index (κ2) is 4.45.